The lowest BCUT2D eigenvalue weighted by Gasteiger charge is -2.13. The third-order valence-corrected chi connectivity index (χ3v) is 2.17. The van der Waals surface area contributed by atoms with Crippen LogP contribution in [0.3, 0.4) is 0 Å². The maximum absolute atomic E-state index is 7.48. The van der Waals surface area contributed by atoms with Crippen LogP contribution in [0.5, 0.6) is 5.88 Å². The summed E-state index contributed by atoms with van der Waals surface area (Å²) >= 11 is 0. The summed E-state index contributed by atoms with van der Waals surface area (Å²) < 4.78 is 5.52. The van der Waals surface area contributed by atoms with E-state index in [4.69, 9.17) is 15.9 Å². The number of nitrogens with two attached hydrogens (primary N) is 1. The standard InChI is InChI=1S/C11H18N4O/c1-8-4-5-14-11(9(8)10(12)13)16-7-6-15(2)3/h4-5H,6-7H2,1-3H3,(H3,12,13). The Balaban J connectivity index is 2.79. The molecular formula is C11H18N4O. The van der Waals surface area contributed by atoms with Gasteiger partial charge in [0.25, 0.3) is 0 Å². The van der Waals surface area contributed by atoms with Gasteiger partial charge in [-0.1, -0.05) is 0 Å². The number of pyridine rings is 1. The Kier molecular flexibility index (Phi) is 4.25. The summed E-state index contributed by atoms with van der Waals surface area (Å²) in [5.41, 5.74) is 6.99. The zero-order valence-corrected chi connectivity index (χ0v) is 9.95. The van der Waals surface area contributed by atoms with Crippen molar-refractivity contribution in [3.05, 3.63) is 23.4 Å². The van der Waals surface area contributed by atoms with Crippen molar-refractivity contribution in [3.63, 3.8) is 0 Å². The number of nitrogens with zero attached hydrogens (tertiary/aromatic N) is 2. The van der Waals surface area contributed by atoms with Gasteiger partial charge in [0.15, 0.2) is 0 Å². The van der Waals surface area contributed by atoms with Crippen molar-refractivity contribution in [1.82, 2.24) is 9.88 Å². The number of ether oxygens (including phenoxy) is 1. The van der Waals surface area contributed by atoms with Crippen molar-refractivity contribution in [2.24, 2.45) is 5.73 Å². The summed E-state index contributed by atoms with van der Waals surface area (Å²) in [4.78, 5) is 6.11. The Morgan fingerprint density at radius 3 is 2.81 bits per heavy atom. The highest BCUT2D eigenvalue weighted by atomic mass is 16.5. The molecule has 0 fully saturated rings. The Labute approximate surface area is 95.7 Å². The summed E-state index contributed by atoms with van der Waals surface area (Å²) in [7, 11) is 3.94. The van der Waals surface area contributed by atoms with Gasteiger partial charge < -0.3 is 15.4 Å². The molecule has 16 heavy (non-hydrogen) atoms. The van der Waals surface area contributed by atoms with Crippen molar-refractivity contribution >= 4 is 5.84 Å². The predicted octanol–water partition coefficient (Wildman–Crippen LogP) is 0.614. The minimum absolute atomic E-state index is 0.00884. The van der Waals surface area contributed by atoms with Crippen LogP contribution in [0.25, 0.3) is 0 Å². The minimum Gasteiger partial charge on any atom is -0.476 e. The lowest BCUT2D eigenvalue weighted by Crippen LogP contribution is -2.21. The van der Waals surface area contributed by atoms with E-state index in [1.165, 1.54) is 0 Å². The number of amidine groups is 1. The van der Waals surface area contributed by atoms with Crippen LogP contribution >= 0.6 is 0 Å². The van der Waals surface area contributed by atoms with Gasteiger partial charge in [0.2, 0.25) is 5.88 Å². The van der Waals surface area contributed by atoms with Crippen LogP contribution < -0.4 is 10.5 Å². The third kappa shape index (κ3) is 3.20. The lowest BCUT2D eigenvalue weighted by atomic mass is 10.1. The predicted molar refractivity (Wildman–Crippen MR) is 64.0 cm³/mol. The molecule has 0 aliphatic heterocycles. The van der Waals surface area contributed by atoms with Crippen LogP contribution in [0, 0.1) is 12.3 Å². The smallest absolute Gasteiger partial charge is 0.224 e. The number of aryl methyl sites for hydroxylation is 1. The number of likely N-dealkylation sites (N-methyl/N-ethyl adjacent to an activating group) is 1. The number of hydrogen-bond donors (Lipinski definition) is 2. The zero-order valence-electron chi connectivity index (χ0n) is 9.95. The van der Waals surface area contributed by atoms with E-state index in [2.05, 4.69) is 4.98 Å². The first-order chi connectivity index (χ1) is 7.52. The Hall–Kier alpha value is -1.62. The first kappa shape index (κ1) is 12.4. The molecule has 0 atom stereocenters. The van der Waals surface area contributed by atoms with Gasteiger partial charge in [-0.3, -0.25) is 5.41 Å². The van der Waals surface area contributed by atoms with Gasteiger partial charge in [-0.25, -0.2) is 4.98 Å². The Morgan fingerprint density at radius 1 is 1.56 bits per heavy atom. The van der Waals surface area contributed by atoms with Crippen LogP contribution in [0.2, 0.25) is 0 Å². The number of hydrogen-bond acceptors (Lipinski definition) is 4. The van der Waals surface area contributed by atoms with Crippen LogP contribution in [-0.4, -0.2) is 43.0 Å². The molecule has 0 saturated carbocycles. The monoisotopic (exact) mass is 222 g/mol. The minimum atomic E-state index is -0.00884. The number of nitrogens with one attached hydrogen (secondary N) is 1. The Morgan fingerprint density at radius 2 is 2.25 bits per heavy atom. The molecular weight excluding hydrogens is 204 g/mol. The van der Waals surface area contributed by atoms with E-state index >= 15 is 0 Å². The molecule has 88 valence electrons. The molecule has 1 rings (SSSR count). The number of nitrogen functional groups attached to an aromatic ring is 1. The molecule has 0 spiro atoms. The van der Waals surface area contributed by atoms with E-state index in [0.29, 0.717) is 18.1 Å². The molecule has 1 heterocycles. The van der Waals surface area contributed by atoms with Crippen LogP contribution in [-0.2, 0) is 0 Å². The second-order valence-electron chi connectivity index (χ2n) is 3.87. The molecule has 5 nitrogen and oxygen atoms in total. The molecule has 0 aliphatic rings. The summed E-state index contributed by atoms with van der Waals surface area (Å²) in [6.45, 7) is 3.22. The molecule has 1 aromatic rings. The van der Waals surface area contributed by atoms with Gasteiger partial charge in [0, 0.05) is 12.7 Å². The average molecular weight is 222 g/mol. The molecule has 0 saturated heterocycles. The second-order valence-corrected chi connectivity index (χ2v) is 3.87. The highest BCUT2D eigenvalue weighted by Gasteiger charge is 2.11. The van der Waals surface area contributed by atoms with Crippen molar-refractivity contribution in [2.45, 2.75) is 6.92 Å². The van der Waals surface area contributed by atoms with Gasteiger partial charge in [0.1, 0.15) is 12.4 Å². The first-order valence-corrected chi connectivity index (χ1v) is 5.10. The summed E-state index contributed by atoms with van der Waals surface area (Å²) in [5.74, 6) is 0.430. The fourth-order valence-electron chi connectivity index (χ4n) is 1.30. The SMILES string of the molecule is Cc1ccnc(OCCN(C)C)c1C(=N)N. The number of rotatable bonds is 5. The summed E-state index contributed by atoms with van der Waals surface area (Å²) in [6, 6.07) is 1.82. The molecule has 1 aromatic heterocycles. The summed E-state index contributed by atoms with van der Waals surface area (Å²) in [5, 5.41) is 7.48. The highest BCUT2D eigenvalue weighted by Crippen LogP contribution is 2.17. The van der Waals surface area contributed by atoms with Crippen LogP contribution in [0.15, 0.2) is 12.3 Å². The van der Waals surface area contributed by atoms with E-state index in [1.54, 1.807) is 6.20 Å². The topological polar surface area (TPSA) is 75.2 Å². The molecule has 5 heteroatoms. The van der Waals surface area contributed by atoms with Crippen molar-refractivity contribution in [1.29, 1.82) is 5.41 Å². The first-order valence-electron chi connectivity index (χ1n) is 5.10. The van der Waals surface area contributed by atoms with Gasteiger partial charge in [-0.15, -0.1) is 0 Å². The maximum Gasteiger partial charge on any atom is 0.224 e. The second kappa shape index (κ2) is 5.46. The molecule has 0 radical (unpaired) electrons. The van der Waals surface area contributed by atoms with E-state index in [9.17, 15) is 0 Å². The Bertz CT molecular complexity index is 376. The molecule has 0 bridgehead atoms. The van der Waals surface area contributed by atoms with Gasteiger partial charge in [-0.2, -0.15) is 0 Å². The van der Waals surface area contributed by atoms with E-state index in [-0.39, 0.29) is 5.84 Å². The molecule has 0 unspecified atom stereocenters. The van der Waals surface area contributed by atoms with Crippen molar-refractivity contribution < 1.29 is 4.74 Å². The fraction of sp³-hybridized carbons (Fsp3) is 0.455. The molecule has 0 amide bonds. The maximum atomic E-state index is 7.48. The van der Waals surface area contributed by atoms with E-state index in [1.807, 2.05) is 32.0 Å². The third-order valence-electron chi connectivity index (χ3n) is 2.17. The normalized spacial score (nSPS) is 10.5. The summed E-state index contributed by atoms with van der Waals surface area (Å²) in [6.07, 6.45) is 1.66. The van der Waals surface area contributed by atoms with Gasteiger partial charge in [-0.05, 0) is 32.6 Å². The van der Waals surface area contributed by atoms with E-state index < -0.39 is 0 Å². The number of aromatic nitrogens is 1. The lowest BCUT2D eigenvalue weighted by molar-refractivity contribution is 0.253. The quantitative estimate of drug-likeness (QED) is 0.565. The van der Waals surface area contributed by atoms with E-state index in [0.717, 1.165) is 12.1 Å². The van der Waals surface area contributed by atoms with Crippen molar-refractivity contribution in [2.75, 3.05) is 27.2 Å². The van der Waals surface area contributed by atoms with Crippen LogP contribution in [0.4, 0.5) is 0 Å². The molecule has 0 aromatic carbocycles. The largest absolute Gasteiger partial charge is 0.476 e. The fourth-order valence-corrected chi connectivity index (χ4v) is 1.30. The van der Waals surface area contributed by atoms with Crippen molar-refractivity contribution in [3.8, 4) is 5.88 Å². The van der Waals surface area contributed by atoms with Crippen LogP contribution in [0.1, 0.15) is 11.1 Å². The molecule has 3 N–H and O–H groups in total. The zero-order chi connectivity index (χ0) is 12.1. The molecule has 0 aliphatic carbocycles. The average Bonchev–Trinajstić information content (AvgIpc) is 2.16. The van der Waals surface area contributed by atoms with Gasteiger partial charge in [0.05, 0.1) is 5.56 Å². The highest BCUT2D eigenvalue weighted by molar-refractivity contribution is 5.98. The van der Waals surface area contributed by atoms with Gasteiger partial charge >= 0.3 is 0 Å².